The van der Waals surface area contributed by atoms with Crippen molar-refractivity contribution in [1.29, 1.82) is 0 Å². The van der Waals surface area contributed by atoms with E-state index in [1.165, 1.54) is 23.4 Å². The van der Waals surface area contributed by atoms with Crippen LogP contribution in [0.3, 0.4) is 0 Å². The molecule has 0 aromatic heterocycles. The van der Waals surface area contributed by atoms with Crippen molar-refractivity contribution < 1.29 is 13.9 Å². The lowest BCUT2D eigenvalue weighted by molar-refractivity contribution is -0.130. The monoisotopic (exact) mass is 453 g/mol. The van der Waals surface area contributed by atoms with E-state index in [1.807, 2.05) is 6.07 Å². The molecule has 0 spiro atoms. The van der Waals surface area contributed by atoms with Crippen molar-refractivity contribution in [2.75, 3.05) is 57.4 Å². The second-order valence-corrected chi connectivity index (χ2v) is 9.34. The Morgan fingerprint density at radius 3 is 2.52 bits per heavy atom. The van der Waals surface area contributed by atoms with Crippen LogP contribution in [0.15, 0.2) is 48.5 Å². The van der Waals surface area contributed by atoms with Gasteiger partial charge in [-0.1, -0.05) is 24.3 Å². The molecule has 0 radical (unpaired) electrons. The number of carbonyl (C=O) groups excluding carboxylic acids is 1. The third-order valence-corrected chi connectivity index (χ3v) is 7.08. The van der Waals surface area contributed by atoms with Gasteiger partial charge in [-0.15, -0.1) is 0 Å². The maximum Gasteiger partial charge on any atom is 0.230 e. The van der Waals surface area contributed by atoms with Gasteiger partial charge in [-0.25, -0.2) is 4.39 Å². The molecule has 1 N–H and O–H groups in total. The number of aryl methyl sites for hydroxylation is 1. The van der Waals surface area contributed by atoms with E-state index in [2.05, 4.69) is 46.3 Å². The van der Waals surface area contributed by atoms with Gasteiger partial charge in [0.2, 0.25) is 5.91 Å². The molecule has 4 rings (SSSR count). The Balaban J connectivity index is 1.20. The number of anilines is 1. The maximum absolute atomic E-state index is 13.9. The average Bonchev–Trinajstić information content (AvgIpc) is 2.84. The lowest BCUT2D eigenvalue weighted by atomic mass is 9.73. The molecule has 2 saturated heterocycles. The molecule has 0 unspecified atom stereocenters. The lowest BCUT2D eigenvalue weighted by Crippen LogP contribution is -2.48. The Kier molecular flexibility index (Phi) is 7.99. The largest absolute Gasteiger partial charge is 0.381 e. The quantitative estimate of drug-likeness (QED) is 0.616. The van der Waals surface area contributed by atoms with Crippen molar-refractivity contribution in [3.8, 4) is 0 Å². The molecule has 0 bridgehead atoms. The molecule has 0 aliphatic carbocycles. The Hall–Kier alpha value is -2.44. The van der Waals surface area contributed by atoms with E-state index in [9.17, 15) is 9.18 Å². The summed E-state index contributed by atoms with van der Waals surface area (Å²) >= 11 is 0. The molecule has 6 heteroatoms. The van der Waals surface area contributed by atoms with Crippen LogP contribution in [0.5, 0.6) is 0 Å². The topological polar surface area (TPSA) is 44.8 Å². The zero-order chi connectivity index (χ0) is 23.1. The summed E-state index contributed by atoms with van der Waals surface area (Å²) in [7, 11) is 0. The number of hydrogen-bond acceptors (Lipinski definition) is 4. The number of hydrogen-bond donors (Lipinski definition) is 1. The van der Waals surface area contributed by atoms with Gasteiger partial charge in [0.15, 0.2) is 0 Å². The summed E-state index contributed by atoms with van der Waals surface area (Å²) in [5.74, 6) is -0.295. The van der Waals surface area contributed by atoms with Crippen LogP contribution in [0.1, 0.15) is 36.8 Å². The molecule has 0 atom stereocenters. The molecular weight excluding hydrogens is 417 g/mol. The zero-order valence-corrected chi connectivity index (χ0v) is 19.7. The summed E-state index contributed by atoms with van der Waals surface area (Å²) in [5, 5.41) is 3.14. The van der Waals surface area contributed by atoms with E-state index in [4.69, 9.17) is 4.74 Å². The molecule has 2 aromatic rings. The highest BCUT2D eigenvalue weighted by molar-refractivity contribution is 5.88. The maximum atomic E-state index is 13.9. The predicted octanol–water partition coefficient (Wildman–Crippen LogP) is 3.90. The lowest BCUT2D eigenvalue weighted by Gasteiger charge is -2.36. The highest BCUT2D eigenvalue weighted by Gasteiger charge is 2.41. The first-order valence-electron chi connectivity index (χ1n) is 12.2. The number of ether oxygens (including phenoxy) is 1. The van der Waals surface area contributed by atoms with Gasteiger partial charge in [0, 0.05) is 51.6 Å². The van der Waals surface area contributed by atoms with Crippen LogP contribution in [0.4, 0.5) is 10.1 Å². The van der Waals surface area contributed by atoms with Gasteiger partial charge >= 0.3 is 0 Å². The molecule has 2 fully saturated rings. The van der Waals surface area contributed by atoms with E-state index in [-0.39, 0.29) is 11.7 Å². The minimum absolute atomic E-state index is 0.00293. The molecule has 2 aliphatic rings. The first-order valence-corrected chi connectivity index (χ1v) is 12.2. The number of benzene rings is 2. The molecule has 1 amide bonds. The Labute approximate surface area is 196 Å². The summed E-state index contributed by atoms with van der Waals surface area (Å²) in [6, 6.07) is 15.2. The number of rotatable bonds is 8. The van der Waals surface area contributed by atoms with Crippen molar-refractivity contribution in [1.82, 2.24) is 10.2 Å². The molecule has 5 nitrogen and oxygen atoms in total. The highest BCUT2D eigenvalue weighted by Crippen LogP contribution is 2.35. The van der Waals surface area contributed by atoms with Gasteiger partial charge in [-0.3, -0.25) is 9.69 Å². The van der Waals surface area contributed by atoms with Crippen molar-refractivity contribution >= 4 is 11.6 Å². The predicted molar refractivity (Wildman–Crippen MR) is 130 cm³/mol. The Morgan fingerprint density at radius 2 is 1.79 bits per heavy atom. The van der Waals surface area contributed by atoms with Gasteiger partial charge in [-0.05, 0) is 74.5 Å². The van der Waals surface area contributed by atoms with Crippen LogP contribution in [0.25, 0.3) is 0 Å². The van der Waals surface area contributed by atoms with Crippen LogP contribution in [-0.2, 0) is 14.9 Å². The van der Waals surface area contributed by atoms with Crippen LogP contribution in [0, 0.1) is 12.7 Å². The highest BCUT2D eigenvalue weighted by atomic mass is 19.1. The Bertz CT molecular complexity index is 921. The fraction of sp³-hybridized carbons (Fsp3) is 0.519. The zero-order valence-electron chi connectivity index (χ0n) is 19.7. The van der Waals surface area contributed by atoms with Gasteiger partial charge in [0.25, 0.3) is 0 Å². The molecule has 2 aliphatic heterocycles. The van der Waals surface area contributed by atoms with Crippen LogP contribution in [0.2, 0.25) is 0 Å². The molecule has 33 heavy (non-hydrogen) atoms. The van der Waals surface area contributed by atoms with Gasteiger partial charge in [0.1, 0.15) is 5.82 Å². The minimum Gasteiger partial charge on any atom is -0.381 e. The number of piperazine rings is 1. The molecule has 178 valence electrons. The summed E-state index contributed by atoms with van der Waals surface area (Å²) < 4.78 is 19.3. The van der Waals surface area contributed by atoms with Crippen LogP contribution >= 0.6 is 0 Å². The number of amides is 1. The summed E-state index contributed by atoms with van der Waals surface area (Å²) in [6.45, 7) is 9.15. The number of halogens is 1. The van der Waals surface area contributed by atoms with E-state index < -0.39 is 5.41 Å². The summed E-state index contributed by atoms with van der Waals surface area (Å²) in [5.41, 5.74) is 2.69. The second-order valence-electron chi connectivity index (χ2n) is 9.34. The van der Waals surface area contributed by atoms with Gasteiger partial charge in [-0.2, -0.15) is 0 Å². The van der Waals surface area contributed by atoms with E-state index in [1.54, 1.807) is 6.07 Å². The number of nitrogens with one attached hydrogen (secondary N) is 1. The first-order chi connectivity index (χ1) is 16.1. The smallest absolute Gasteiger partial charge is 0.230 e. The average molecular weight is 454 g/mol. The normalized spacial score (nSPS) is 18.8. The molecular formula is C27H36FN3O2. The molecule has 0 saturated carbocycles. The fourth-order valence-electron chi connectivity index (χ4n) is 5.04. The third-order valence-electron chi connectivity index (χ3n) is 7.08. The third kappa shape index (κ3) is 5.92. The molecule has 2 aromatic carbocycles. The van der Waals surface area contributed by atoms with Gasteiger partial charge < -0.3 is 15.0 Å². The Morgan fingerprint density at radius 1 is 1.03 bits per heavy atom. The van der Waals surface area contributed by atoms with Crippen molar-refractivity contribution in [2.45, 2.75) is 38.0 Å². The van der Waals surface area contributed by atoms with E-state index >= 15 is 0 Å². The van der Waals surface area contributed by atoms with E-state index in [0.29, 0.717) is 32.6 Å². The summed E-state index contributed by atoms with van der Waals surface area (Å²) in [4.78, 5) is 18.2. The number of unbranched alkanes of at least 4 members (excludes halogenated alkanes) is 1. The van der Waals surface area contributed by atoms with Crippen molar-refractivity contribution in [3.05, 3.63) is 65.5 Å². The minimum atomic E-state index is -0.688. The van der Waals surface area contributed by atoms with Crippen molar-refractivity contribution in [3.63, 3.8) is 0 Å². The van der Waals surface area contributed by atoms with Crippen LogP contribution < -0.4 is 10.2 Å². The molecule has 2 heterocycles. The van der Waals surface area contributed by atoms with Crippen molar-refractivity contribution in [2.24, 2.45) is 0 Å². The van der Waals surface area contributed by atoms with Crippen LogP contribution in [-0.4, -0.2) is 63.3 Å². The second kappa shape index (κ2) is 11.1. The first kappa shape index (κ1) is 23.7. The summed E-state index contributed by atoms with van der Waals surface area (Å²) in [6.07, 6.45) is 3.18. The van der Waals surface area contributed by atoms with E-state index in [0.717, 1.165) is 51.1 Å². The standard InChI is InChI=1S/C27H36FN3O2/c1-22-6-4-9-25(20-22)31-16-14-30(15-17-31)13-3-2-12-29-26(32)27(10-18-33-19-11-27)23-7-5-8-24(28)21-23/h4-9,20-21H,2-3,10-19H2,1H3,(H,29,32). The number of nitrogens with zero attached hydrogens (tertiary/aromatic N) is 2. The SMILES string of the molecule is Cc1cccc(N2CCN(CCCCNC(=O)C3(c4cccc(F)c4)CCOCC3)CC2)c1. The van der Waals surface area contributed by atoms with Gasteiger partial charge in [0.05, 0.1) is 5.41 Å². The fourth-order valence-corrected chi connectivity index (χ4v) is 5.04. The number of carbonyl (C=O) groups is 1.